The Hall–Kier alpha value is -2.47. The van der Waals surface area contributed by atoms with Crippen LogP contribution < -0.4 is 4.74 Å². The van der Waals surface area contributed by atoms with Crippen LogP contribution in [0.25, 0.3) is 11.0 Å². The number of hydrogen-bond acceptors (Lipinski definition) is 3. The third-order valence-electron chi connectivity index (χ3n) is 3.49. The number of alkyl halides is 1. The van der Waals surface area contributed by atoms with E-state index in [-0.39, 0.29) is 12.4 Å². The summed E-state index contributed by atoms with van der Waals surface area (Å²) >= 11 is 0. The fourth-order valence-corrected chi connectivity index (χ4v) is 2.40. The Morgan fingerprint density at radius 1 is 1.17 bits per heavy atom. The highest BCUT2D eigenvalue weighted by Crippen LogP contribution is 2.27. The first kappa shape index (κ1) is 15.4. The minimum Gasteiger partial charge on any atom is -0.497 e. The molecular formula is C17H16F2N2O2. The van der Waals surface area contributed by atoms with Crippen LogP contribution in [0.4, 0.5) is 8.78 Å². The second-order valence-corrected chi connectivity index (χ2v) is 5.00. The van der Waals surface area contributed by atoms with Crippen LogP contribution in [0.1, 0.15) is 17.5 Å². The molecule has 0 spiro atoms. The number of methoxy groups -OCH3 is 1. The number of H-pyrrole nitrogens is 1. The molecule has 0 aliphatic rings. The normalized spacial score (nSPS) is 12.5. The molecule has 120 valence electrons. The topological polar surface area (TPSA) is 47.1 Å². The molecule has 1 aromatic heterocycles. The summed E-state index contributed by atoms with van der Waals surface area (Å²) in [5.41, 5.74) is 2.00. The molecule has 0 aliphatic carbocycles. The first-order chi connectivity index (χ1) is 11.2. The quantitative estimate of drug-likeness (QED) is 0.752. The zero-order chi connectivity index (χ0) is 16.2. The molecule has 0 saturated carbocycles. The summed E-state index contributed by atoms with van der Waals surface area (Å²) in [5.74, 6) is 0.857. The average molecular weight is 318 g/mol. The number of benzene rings is 2. The van der Waals surface area contributed by atoms with E-state index in [2.05, 4.69) is 9.97 Å². The van der Waals surface area contributed by atoms with Gasteiger partial charge in [-0.2, -0.15) is 0 Å². The van der Waals surface area contributed by atoms with E-state index >= 15 is 0 Å². The number of rotatable bonds is 6. The molecule has 6 heteroatoms. The molecule has 0 amide bonds. The molecule has 1 heterocycles. The maximum atomic E-state index is 13.3. The van der Waals surface area contributed by atoms with Crippen LogP contribution in [-0.4, -0.2) is 30.4 Å². The Bertz CT molecular complexity index is 787. The zero-order valence-corrected chi connectivity index (χ0v) is 12.6. The van der Waals surface area contributed by atoms with Gasteiger partial charge in [-0.1, -0.05) is 12.1 Å². The summed E-state index contributed by atoms with van der Waals surface area (Å²) in [7, 11) is 1.58. The zero-order valence-electron chi connectivity index (χ0n) is 12.6. The van der Waals surface area contributed by atoms with Gasteiger partial charge in [0.15, 0.2) is 0 Å². The fourth-order valence-electron chi connectivity index (χ4n) is 2.40. The predicted molar refractivity (Wildman–Crippen MR) is 82.8 cm³/mol. The minimum absolute atomic E-state index is 0.0535. The predicted octanol–water partition coefficient (Wildman–Crippen LogP) is 3.79. The van der Waals surface area contributed by atoms with Crippen molar-refractivity contribution in [3.8, 4) is 5.75 Å². The molecule has 3 rings (SSSR count). The lowest BCUT2D eigenvalue weighted by Crippen LogP contribution is -2.10. The SMILES string of the molecule is COc1ccc(C(OCCF)c2nc3cc(F)ccc3[nH]2)cc1. The van der Waals surface area contributed by atoms with Crippen molar-refractivity contribution in [1.82, 2.24) is 9.97 Å². The number of ether oxygens (including phenoxy) is 2. The fraction of sp³-hybridized carbons (Fsp3) is 0.235. The Balaban J connectivity index is 1.98. The number of hydrogen-bond donors (Lipinski definition) is 1. The Morgan fingerprint density at radius 2 is 1.96 bits per heavy atom. The lowest BCUT2D eigenvalue weighted by Gasteiger charge is -2.15. The van der Waals surface area contributed by atoms with Crippen molar-refractivity contribution >= 4 is 11.0 Å². The monoisotopic (exact) mass is 318 g/mol. The molecule has 0 fully saturated rings. The van der Waals surface area contributed by atoms with E-state index in [4.69, 9.17) is 9.47 Å². The maximum Gasteiger partial charge on any atom is 0.141 e. The molecule has 0 saturated heterocycles. The van der Waals surface area contributed by atoms with E-state index < -0.39 is 12.8 Å². The van der Waals surface area contributed by atoms with E-state index in [0.29, 0.717) is 22.6 Å². The standard InChI is InChI=1S/C17H16F2N2O2/c1-22-13-5-2-11(3-6-13)16(23-9-8-18)17-20-14-7-4-12(19)10-15(14)21-17/h2-7,10,16H,8-9H2,1H3,(H,20,21). The van der Waals surface area contributed by atoms with Gasteiger partial charge in [-0.15, -0.1) is 0 Å². The van der Waals surface area contributed by atoms with Crippen molar-refractivity contribution < 1.29 is 18.3 Å². The van der Waals surface area contributed by atoms with E-state index in [1.807, 2.05) is 12.1 Å². The van der Waals surface area contributed by atoms with Gasteiger partial charge in [0.2, 0.25) is 0 Å². The van der Waals surface area contributed by atoms with Crippen LogP contribution in [0.3, 0.4) is 0 Å². The van der Waals surface area contributed by atoms with E-state index in [0.717, 1.165) is 5.56 Å². The average Bonchev–Trinajstić information content (AvgIpc) is 2.98. The third-order valence-corrected chi connectivity index (χ3v) is 3.49. The molecule has 0 aliphatic heterocycles. The molecule has 2 aromatic carbocycles. The van der Waals surface area contributed by atoms with Crippen molar-refractivity contribution in [2.45, 2.75) is 6.10 Å². The van der Waals surface area contributed by atoms with Gasteiger partial charge in [0, 0.05) is 6.07 Å². The van der Waals surface area contributed by atoms with Gasteiger partial charge in [0.1, 0.15) is 30.2 Å². The summed E-state index contributed by atoms with van der Waals surface area (Å²) in [5, 5.41) is 0. The Kier molecular flexibility index (Phi) is 4.52. The first-order valence-electron chi connectivity index (χ1n) is 7.18. The number of nitrogens with one attached hydrogen (secondary N) is 1. The van der Waals surface area contributed by atoms with Crippen molar-refractivity contribution in [2.24, 2.45) is 0 Å². The number of aromatic amines is 1. The summed E-state index contributed by atoms with van der Waals surface area (Å²) < 4.78 is 36.6. The maximum absolute atomic E-state index is 13.3. The molecule has 0 radical (unpaired) electrons. The van der Waals surface area contributed by atoms with Crippen LogP contribution in [-0.2, 0) is 4.74 Å². The van der Waals surface area contributed by atoms with Crippen LogP contribution in [0.2, 0.25) is 0 Å². The van der Waals surface area contributed by atoms with E-state index in [1.54, 1.807) is 25.3 Å². The van der Waals surface area contributed by atoms with Crippen LogP contribution >= 0.6 is 0 Å². The molecule has 1 unspecified atom stereocenters. The molecule has 1 atom stereocenters. The van der Waals surface area contributed by atoms with Crippen LogP contribution in [0.5, 0.6) is 5.75 Å². The van der Waals surface area contributed by atoms with Crippen LogP contribution in [0, 0.1) is 5.82 Å². The molecule has 23 heavy (non-hydrogen) atoms. The Morgan fingerprint density at radius 3 is 2.65 bits per heavy atom. The molecule has 0 bridgehead atoms. The van der Waals surface area contributed by atoms with E-state index in [1.165, 1.54) is 12.1 Å². The number of imidazole rings is 1. The van der Waals surface area contributed by atoms with E-state index in [9.17, 15) is 8.78 Å². The number of aromatic nitrogens is 2. The second-order valence-electron chi connectivity index (χ2n) is 5.00. The number of halogens is 2. The largest absolute Gasteiger partial charge is 0.497 e. The first-order valence-corrected chi connectivity index (χ1v) is 7.18. The Labute approximate surface area is 132 Å². The van der Waals surface area contributed by atoms with Crippen LogP contribution in [0.15, 0.2) is 42.5 Å². The smallest absolute Gasteiger partial charge is 0.141 e. The van der Waals surface area contributed by atoms with Crippen molar-refractivity contribution in [2.75, 3.05) is 20.4 Å². The van der Waals surface area contributed by atoms with Gasteiger partial charge >= 0.3 is 0 Å². The highest BCUT2D eigenvalue weighted by Gasteiger charge is 2.19. The van der Waals surface area contributed by atoms with Gasteiger partial charge in [0.25, 0.3) is 0 Å². The highest BCUT2D eigenvalue weighted by molar-refractivity contribution is 5.75. The van der Waals surface area contributed by atoms with Gasteiger partial charge < -0.3 is 14.5 Å². The second kappa shape index (κ2) is 6.75. The molecular weight excluding hydrogens is 302 g/mol. The number of fused-ring (bicyclic) bond motifs is 1. The lowest BCUT2D eigenvalue weighted by atomic mass is 10.1. The summed E-state index contributed by atoms with van der Waals surface area (Å²) in [6, 6.07) is 11.6. The summed E-state index contributed by atoms with van der Waals surface area (Å²) in [6.45, 7) is -0.649. The minimum atomic E-state index is -0.596. The van der Waals surface area contributed by atoms with Crippen molar-refractivity contribution in [1.29, 1.82) is 0 Å². The van der Waals surface area contributed by atoms with Gasteiger partial charge in [0.05, 0.1) is 24.8 Å². The van der Waals surface area contributed by atoms with Crippen molar-refractivity contribution in [3.05, 3.63) is 59.7 Å². The highest BCUT2D eigenvalue weighted by atomic mass is 19.1. The molecule has 1 N–H and O–H groups in total. The summed E-state index contributed by atoms with van der Waals surface area (Å²) in [6.07, 6.45) is -0.563. The number of nitrogens with zero attached hydrogens (tertiary/aromatic N) is 1. The molecule has 4 nitrogen and oxygen atoms in total. The van der Waals surface area contributed by atoms with Gasteiger partial charge in [-0.3, -0.25) is 0 Å². The summed E-state index contributed by atoms with van der Waals surface area (Å²) in [4.78, 5) is 7.47. The van der Waals surface area contributed by atoms with Gasteiger partial charge in [-0.25, -0.2) is 13.8 Å². The third kappa shape index (κ3) is 3.32. The van der Waals surface area contributed by atoms with Crippen molar-refractivity contribution in [3.63, 3.8) is 0 Å². The van der Waals surface area contributed by atoms with Gasteiger partial charge in [-0.05, 0) is 29.8 Å². The molecule has 3 aromatic rings. The lowest BCUT2D eigenvalue weighted by molar-refractivity contribution is 0.0645.